The highest BCUT2D eigenvalue weighted by atomic mass is 16.6. The largest absolute Gasteiger partial charge is 0.303 e. The molecule has 1 aliphatic rings. The smallest absolute Gasteiger partial charge is 0.223 e. The van der Waals surface area contributed by atoms with Crippen LogP contribution in [-0.4, -0.2) is 23.0 Å². The summed E-state index contributed by atoms with van der Waals surface area (Å²) < 4.78 is 0. The van der Waals surface area contributed by atoms with Gasteiger partial charge < -0.3 is 4.79 Å². The Morgan fingerprint density at radius 2 is 1.65 bits per heavy atom. The molecular formula is C21H21NO4. The molecule has 0 bridgehead atoms. The van der Waals surface area contributed by atoms with Gasteiger partial charge in [-0.25, -0.2) is 0 Å². The highest BCUT2D eigenvalue weighted by Crippen LogP contribution is 2.43. The highest BCUT2D eigenvalue weighted by Gasteiger charge is 2.48. The Bertz CT molecular complexity index is 775. The van der Waals surface area contributed by atoms with E-state index in [1.807, 2.05) is 36.4 Å². The van der Waals surface area contributed by atoms with Gasteiger partial charge in [-0.2, -0.15) is 0 Å². The summed E-state index contributed by atoms with van der Waals surface area (Å²) in [7, 11) is 0. The minimum Gasteiger partial charge on any atom is -0.303 e. The van der Waals surface area contributed by atoms with Crippen molar-refractivity contribution in [3.8, 4) is 0 Å². The molecule has 2 aromatic rings. The summed E-state index contributed by atoms with van der Waals surface area (Å²) in [5.41, 5.74) is 1.37. The van der Waals surface area contributed by atoms with E-state index < -0.39 is 17.9 Å². The van der Waals surface area contributed by atoms with Crippen LogP contribution in [0.5, 0.6) is 0 Å². The van der Waals surface area contributed by atoms with Crippen LogP contribution in [0.15, 0.2) is 60.7 Å². The van der Waals surface area contributed by atoms with Crippen LogP contribution in [0.1, 0.15) is 41.1 Å². The lowest BCUT2D eigenvalue weighted by molar-refractivity contribution is -0.540. The average molecular weight is 351 g/mol. The molecule has 0 N–H and O–H groups in total. The van der Waals surface area contributed by atoms with E-state index in [9.17, 15) is 19.7 Å². The SMILES string of the molecule is O=C[C@H]1CC[C@H](CC(=O)c2ccccc2)[C@@H]([N+](=O)[O-])[C@@H]1c1ccccc1. The topological polar surface area (TPSA) is 77.3 Å². The van der Waals surface area contributed by atoms with Crippen LogP contribution in [0.4, 0.5) is 0 Å². The van der Waals surface area contributed by atoms with Crippen LogP contribution in [0.25, 0.3) is 0 Å². The molecule has 134 valence electrons. The predicted octanol–water partition coefficient (Wildman–Crippen LogP) is 3.91. The lowest BCUT2D eigenvalue weighted by Gasteiger charge is -2.36. The number of Topliss-reactive ketones (excluding diaryl/α,β-unsaturated/α-hetero) is 1. The summed E-state index contributed by atoms with van der Waals surface area (Å²) in [4.78, 5) is 35.8. The van der Waals surface area contributed by atoms with Gasteiger partial charge in [0, 0.05) is 28.7 Å². The van der Waals surface area contributed by atoms with Crippen molar-refractivity contribution < 1.29 is 14.5 Å². The Balaban J connectivity index is 1.89. The fourth-order valence-electron chi connectivity index (χ4n) is 4.08. The third-order valence-corrected chi connectivity index (χ3v) is 5.33. The second-order valence-electron chi connectivity index (χ2n) is 6.84. The molecule has 0 saturated heterocycles. The number of ketones is 1. The molecule has 0 unspecified atom stereocenters. The molecule has 1 fully saturated rings. The maximum atomic E-state index is 12.6. The quantitative estimate of drug-likeness (QED) is 0.342. The van der Waals surface area contributed by atoms with Crippen LogP contribution in [0.2, 0.25) is 0 Å². The number of benzene rings is 2. The van der Waals surface area contributed by atoms with E-state index in [4.69, 9.17) is 0 Å². The zero-order chi connectivity index (χ0) is 18.5. The van der Waals surface area contributed by atoms with E-state index in [1.54, 1.807) is 24.3 Å². The maximum absolute atomic E-state index is 12.6. The number of carbonyl (C=O) groups excluding carboxylic acids is 2. The number of hydrogen-bond donors (Lipinski definition) is 0. The first kappa shape index (κ1) is 18.0. The van der Waals surface area contributed by atoms with Gasteiger partial charge in [0.2, 0.25) is 6.04 Å². The normalized spacial score (nSPS) is 25.4. The van der Waals surface area contributed by atoms with Gasteiger partial charge in [0.05, 0.1) is 5.92 Å². The van der Waals surface area contributed by atoms with Crippen LogP contribution < -0.4 is 0 Å². The molecule has 0 aromatic heterocycles. The summed E-state index contributed by atoms with van der Waals surface area (Å²) in [6, 6.07) is 17.1. The molecule has 0 amide bonds. The lowest BCUT2D eigenvalue weighted by Crippen LogP contribution is -2.44. The Hall–Kier alpha value is -2.82. The van der Waals surface area contributed by atoms with Crippen molar-refractivity contribution in [2.24, 2.45) is 11.8 Å². The summed E-state index contributed by atoms with van der Waals surface area (Å²) >= 11 is 0. The molecule has 0 aliphatic heterocycles. The highest BCUT2D eigenvalue weighted by molar-refractivity contribution is 5.96. The molecule has 5 heteroatoms. The van der Waals surface area contributed by atoms with Gasteiger partial charge in [0.25, 0.3) is 0 Å². The Labute approximate surface area is 152 Å². The van der Waals surface area contributed by atoms with Crippen molar-refractivity contribution in [3.05, 3.63) is 81.9 Å². The van der Waals surface area contributed by atoms with Gasteiger partial charge in [-0.1, -0.05) is 60.7 Å². The van der Waals surface area contributed by atoms with Gasteiger partial charge >= 0.3 is 0 Å². The zero-order valence-electron chi connectivity index (χ0n) is 14.4. The van der Waals surface area contributed by atoms with Crippen molar-refractivity contribution >= 4 is 12.1 Å². The minimum atomic E-state index is -0.936. The molecule has 2 aromatic carbocycles. The third-order valence-electron chi connectivity index (χ3n) is 5.33. The fourth-order valence-corrected chi connectivity index (χ4v) is 4.08. The monoisotopic (exact) mass is 351 g/mol. The van der Waals surface area contributed by atoms with E-state index in [1.165, 1.54) is 0 Å². The van der Waals surface area contributed by atoms with E-state index in [2.05, 4.69) is 0 Å². The zero-order valence-corrected chi connectivity index (χ0v) is 14.4. The van der Waals surface area contributed by atoms with Crippen LogP contribution in [-0.2, 0) is 4.79 Å². The molecule has 26 heavy (non-hydrogen) atoms. The molecule has 1 saturated carbocycles. The first-order chi connectivity index (χ1) is 12.6. The summed E-state index contributed by atoms with van der Waals surface area (Å²) in [6.07, 6.45) is 2.05. The predicted molar refractivity (Wildman–Crippen MR) is 97.6 cm³/mol. The van der Waals surface area contributed by atoms with E-state index in [-0.39, 0.29) is 23.0 Å². The molecule has 0 radical (unpaired) electrons. The second-order valence-corrected chi connectivity index (χ2v) is 6.84. The van der Waals surface area contributed by atoms with Crippen LogP contribution in [0, 0.1) is 22.0 Å². The van der Waals surface area contributed by atoms with Gasteiger partial charge in [0.1, 0.15) is 6.29 Å². The van der Waals surface area contributed by atoms with Crippen LogP contribution in [0.3, 0.4) is 0 Å². The number of aldehydes is 1. The summed E-state index contributed by atoms with van der Waals surface area (Å²) in [5.74, 6) is -1.35. The molecule has 3 rings (SSSR count). The van der Waals surface area contributed by atoms with Crippen molar-refractivity contribution in [1.29, 1.82) is 0 Å². The van der Waals surface area contributed by atoms with Crippen molar-refractivity contribution in [3.63, 3.8) is 0 Å². The van der Waals surface area contributed by atoms with Gasteiger partial charge in [0.15, 0.2) is 5.78 Å². The summed E-state index contributed by atoms with van der Waals surface area (Å²) in [6.45, 7) is 0. The second kappa shape index (κ2) is 8.04. The minimum absolute atomic E-state index is 0.0844. The first-order valence-corrected chi connectivity index (χ1v) is 8.83. The van der Waals surface area contributed by atoms with Crippen molar-refractivity contribution in [1.82, 2.24) is 0 Å². The molecule has 1 aliphatic carbocycles. The van der Waals surface area contributed by atoms with Crippen molar-refractivity contribution in [2.75, 3.05) is 0 Å². The molecular weight excluding hydrogens is 330 g/mol. The Morgan fingerprint density at radius 1 is 1.04 bits per heavy atom. The van der Waals surface area contributed by atoms with Gasteiger partial charge in [-0.3, -0.25) is 14.9 Å². The van der Waals surface area contributed by atoms with E-state index in [0.717, 1.165) is 11.8 Å². The number of nitro groups is 1. The molecule has 5 nitrogen and oxygen atoms in total. The maximum Gasteiger partial charge on any atom is 0.223 e. The number of nitrogens with zero attached hydrogens (tertiary/aromatic N) is 1. The first-order valence-electron chi connectivity index (χ1n) is 8.83. The van der Waals surface area contributed by atoms with Crippen molar-refractivity contribution in [2.45, 2.75) is 31.2 Å². The standard InChI is InChI=1S/C21H21NO4/c23-14-18-12-11-17(13-19(24)15-7-3-1-4-8-15)21(22(25)26)20(18)16-9-5-2-6-10-16/h1-10,14,17-18,20-21H,11-13H2/t17-,18-,20-,21-/m1/s1. The van der Waals surface area contributed by atoms with E-state index >= 15 is 0 Å². The molecule has 4 atom stereocenters. The Morgan fingerprint density at radius 3 is 2.23 bits per heavy atom. The number of carbonyl (C=O) groups is 2. The van der Waals surface area contributed by atoms with Gasteiger partial charge in [-0.15, -0.1) is 0 Å². The average Bonchev–Trinajstić information content (AvgIpc) is 2.68. The fraction of sp³-hybridized carbons (Fsp3) is 0.333. The Kier molecular flexibility index (Phi) is 5.56. The lowest BCUT2D eigenvalue weighted by atomic mass is 9.67. The molecule has 0 heterocycles. The number of hydrogen-bond acceptors (Lipinski definition) is 4. The molecule has 0 spiro atoms. The van der Waals surface area contributed by atoms with Gasteiger partial charge in [-0.05, 0) is 18.4 Å². The number of rotatable bonds is 6. The van der Waals surface area contributed by atoms with E-state index in [0.29, 0.717) is 18.4 Å². The van der Waals surface area contributed by atoms with Crippen LogP contribution >= 0.6 is 0 Å². The third kappa shape index (κ3) is 3.72. The summed E-state index contributed by atoms with van der Waals surface area (Å²) in [5, 5.41) is 11.9.